The summed E-state index contributed by atoms with van der Waals surface area (Å²) in [6.45, 7) is 5.57. The summed E-state index contributed by atoms with van der Waals surface area (Å²) in [7, 11) is 0. The molecule has 3 amide bonds. The Labute approximate surface area is 158 Å². The van der Waals surface area contributed by atoms with Crippen LogP contribution in [-0.2, 0) is 19.7 Å². The number of imide groups is 1. The molecule has 6 heteroatoms. The quantitative estimate of drug-likeness (QED) is 0.768. The number of carbonyl (C=O) groups excluding carboxylic acids is 3. The van der Waals surface area contributed by atoms with Gasteiger partial charge in [0.25, 0.3) is 5.91 Å². The molecule has 0 fully saturated rings. The molecule has 0 unspecified atom stereocenters. The molecule has 2 rings (SSSR count). The van der Waals surface area contributed by atoms with Crippen LogP contribution in [0, 0.1) is 0 Å². The molecule has 0 saturated heterocycles. The summed E-state index contributed by atoms with van der Waals surface area (Å²) < 4.78 is 5.57. The van der Waals surface area contributed by atoms with Gasteiger partial charge in [0.15, 0.2) is 0 Å². The number of nitrogens with one attached hydrogen (secondary N) is 2. The third-order valence-corrected chi connectivity index (χ3v) is 4.15. The first-order valence-corrected chi connectivity index (χ1v) is 8.76. The maximum Gasteiger partial charge on any atom is 0.321 e. The molecule has 1 atom stereocenters. The Morgan fingerprint density at radius 2 is 1.52 bits per heavy atom. The van der Waals surface area contributed by atoms with E-state index in [0.29, 0.717) is 12.1 Å². The van der Waals surface area contributed by atoms with E-state index >= 15 is 0 Å². The summed E-state index contributed by atoms with van der Waals surface area (Å²) >= 11 is 0. The van der Waals surface area contributed by atoms with Crippen LogP contribution < -0.4 is 10.6 Å². The van der Waals surface area contributed by atoms with Crippen LogP contribution in [0.25, 0.3) is 0 Å². The fraction of sp³-hybridized carbons (Fsp3) is 0.286. The minimum atomic E-state index is -1.23. The van der Waals surface area contributed by atoms with Gasteiger partial charge >= 0.3 is 12.0 Å². The van der Waals surface area contributed by atoms with Gasteiger partial charge in [-0.3, -0.25) is 14.9 Å². The maximum atomic E-state index is 12.9. The summed E-state index contributed by atoms with van der Waals surface area (Å²) in [6.07, 6.45) is -1.23. The number of ether oxygens (including phenoxy) is 1. The van der Waals surface area contributed by atoms with E-state index in [-0.39, 0.29) is 0 Å². The Morgan fingerprint density at radius 3 is 2.07 bits per heavy atom. The van der Waals surface area contributed by atoms with Crippen molar-refractivity contribution < 1.29 is 19.1 Å². The Hall–Kier alpha value is -3.15. The first kappa shape index (κ1) is 20.2. The van der Waals surface area contributed by atoms with Crippen molar-refractivity contribution in [2.75, 3.05) is 6.54 Å². The summed E-state index contributed by atoms with van der Waals surface area (Å²) in [5.41, 5.74) is 0.294. The van der Waals surface area contributed by atoms with Crippen LogP contribution in [0.1, 0.15) is 38.0 Å². The zero-order valence-corrected chi connectivity index (χ0v) is 15.7. The number of benzene rings is 2. The SMILES string of the molecule is CCNC(=O)NC(=O)[C@@H](OC(=O)C(C)(C)c1ccccc1)c1ccccc1. The molecular weight excluding hydrogens is 344 g/mol. The van der Waals surface area contributed by atoms with E-state index in [2.05, 4.69) is 10.6 Å². The predicted octanol–water partition coefficient (Wildman–Crippen LogP) is 3.09. The molecule has 0 aliphatic rings. The van der Waals surface area contributed by atoms with Crippen molar-refractivity contribution in [2.45, 2.75) is 32.3 Å². The van der Waals surface area contributed by atoms with Crippen molar-refractivity contribution in [2.24, 2.45) is 0 Å². The predicted molar refractivity (Wildman–Crippen MR) is 102 cm³/mol. The lowest BCUT2D eigenvalue weighted by Gasteiger charge is -2.26. The minimum Gasteiger partial charge on any atom is -0.447 e. The van der Waals surface area contributed by atoms with Crippen LogP contribution in [0.15, 0.2) is 60.7 Å². The second-order valence-electron chi connectivity index (χ2n) is 6.54. The highest BCUT2D eigenvalue weighted by atomic mass is 16.5. The molecule has 142 valence electrons. The highest BCUT2D eigenvalue weighted by molar-refractivity contribution is 5.98. The van der Waals surface area contributed by atoms with Crippen molar-refractivity contribution in [3.8, 4) is 0 Å². The van der Waals surface area contributed by atoms with Crippen LogP contribution in [-0.4, -0.2) is 24.5 Å². The van der Waals surface area contributed by atoms with E-state index in [1.165, 1.54) is 0 Å². The molecule has 2 aromatic carbocycles. The van der Waals surface area contributed by atoms with Gasteiger partial charge < -0.3 is 10.1 Å². The van der Waals surface area contributed by atoms with E-state index < -0.39 is 29.4 Å². The van der Waals surface area contributed by atoms with Gasteiger partial charge in [0, 0.05) is 12.1 Å². The maximum absolute atomic E-state index is 12.9. The summed E-state index contributed by atoms with van der Waals surface area (Å²) in [6, 6.07) is 17.1. The molecule has 0 aliphatic heterocycles. The van der Waals surface area contributed by atoms with Gasteiger partial charge in [-0.05, 0) is 26.3 Å². The van der Waals surface area contributed by atoms with Gasteiger partial charge in [0.05, 0.1) is 5.41 Å². The molecule has 2 aromatic rings. The number of urea groups is 1. The summed E-state index contributed by atoms with van der Waals surface area (Å²) in [4.78, 5) is 37.2. The van der Waals surface area contributed by atoms with E-state index in [4.69, 9.17) is 4.74 Å². The highest BCUT2D eigenvalue weighted by Gasteiger charge is 2.36. The lowest BCUT2D eigenvalue weighted by Crippen LogP contribution is -2.43. The van der Waals surface area contributed by atoms with E-state index in [9.17, 15) is 14.4 Å². The average Bonchev–Trinajstić information content (AvgIpc) is 2.67. The number of rotatable bonds is 6. The van der Waals surface area contributed by atoms with Crippen LogP contribution in [0.2, 0.25) is 0 Å². The molecule has 0 aromatic heterocycles. The standard InChI is InChI=1S/C21H24N2O4/c1-4-22-20(26)23-18(24)17(15-11-7-5-8-12-15)27-19(25)21(2,3)16-13-9-6-10-14-16/h5-14,17H,4H2,1-3H3,(H2,22,23,24,26)/t17-/m0/s1. The van der Waals surface area contributed by atoms with Gasteiger partial charge in [0.2, 0.25) is 6.10 Å². The number of hydrogen-bond acceptors (Lipinski definition) is 4. The lowest BCUT2D eigenvalue weighted by atomic mass is 9.85. The molecule has 6 nitrogen and oxygen atoms in total. The van der Waals surface area contributed by atoms with E-state index in [1.54, 1.807) is 51.1 Å². The van der Waals surface area contributed by atoms with Crippen molar-refractivity contribution >= 4 is 17.9 Å². The Kier molecular flexibility index (Phi) is 6.71. The zero-order chi connectivity index (χ0) is 19.9. The van der Waals surface area contributed by atoms with E-state index in [1.807, 2.05) is 30.3 Å². The number of carbonyl (C=O) groups is 3. The minimum absolute atomic E-state index is 0.371. The van der Waals surface area contributed by atoms with Crippen LogP contribution in [0.3, 0.4) is 0 Å². The molecule has 0 bridgehead atoms. The monoisotopic (exact) mass is 368 g/mol. The number of esters is 1. The Bertz CT molecular complexity index is 788. The molecule has 27 heavy (non-hydrogen) atoms. The first-order chi connectivity index (χ1) is 12.9. The normalized spacial score (nSPS) is 12.0. The zero-order valence-electron chi connectivity index (χ0n) is 15.7. The largest absolute Gasteiger partial charge is 0.447 e. The topological polar surface area (TPSA) is 84.5 Å². The van der Waals surface area contributed by atoms with Crippen molar-refractivity contribution in [1.29, 1.82) is 0 Å². The Balaban J connectivity index is 2.25. The third-order valence-electron chi connectivity index (χ3n) is 4.15. The summed E-state index contributed by atoms with van der Waals surface area (Å²) in [5.74, 6) is -1.27. The molecular formula is C21H24N2O4. The van der Waals surface area contributed by atoms with E-state index in [0.717, 1.165) is 5.56 Å². The van der Waals surface area contributed by atoms with Gasteiger partial charge in [-0.15, -0.1) is 0 Å². The van der Waals surface area contributed by atoms with Crippen molar-refractivity contribution in [3.05, 3.63) is 71.8 Å². The van der Waals surface area contributed by atoms with Crippen molar-refractivity contribution in [3.63, 3.8) is 0 Å². The fourth-order valence-electron chi connectivity index (χ4n) is 2.51. The van der Waals surface area contributed by atoms with Gasteiger partial charge in [-0.25, -0.2) is 4.79 Å². The molecule has 0 radical (unpaired) electrons. The van der Waals surface area contributed by atoms with Crippen LogP contribution in [0.5, 0.6) is 0 Å². The van der Waals surface area contributed by atoms with Gasteiger partial charge in [-0.1, -0.05) is 60.7 Å². The van der Waals surface area contributed by atoms with Crippen molar-refractivity contribution in [1.82, 2.24) is 10.6 Å². The summed E-state index contributed by atoms with van der Waals surface area (Å²) in [5, 5.41) is 4.69. The second-order valence-corrected chi connectivity index (χ2v) is 6.54. The molecule has 0 aliphatic carbocycles. The smallest absolute Gasteiger partial charge is 0.321 e. The number of hydrogen-bond donors (Lipinski definition) is 2. The first-order valence-electron chi connectivity index (χ1n) is 8.76. The highest BCUT2D eigenvalue weighted by Crippen LogP contribution is 2.28. The molecule has 0 saturated carbocycles. The van der Waals surface area contributed by atoms with Gasteiger partial charge in [-0.2, -0.15) is 0 Å². The lowest BCUT2D eigenvalue weighted by molar-refractivity contribution is -0.160. The van der Waals surface area contributed by atoms with Crippen LogP contribution in [0.4, 0.5) is 4.79 Å². The fourth-order valence-corrected chi connectivity index (χ4v) is 2.51. The Morgan fingerprint density at radius 1 is 0.963 bits per heavy atom. The van der Waals surface area contributed by atoms with Gasteiger partial charge in [0.1, 0.15) is 0 Å². The van der Waals surface area contributed by atoms with Crippen LogP contribution >= 0.6 is 0 Å². The average molecular weight is 368 g/mol. The molecule has 0 heterocycles. The second kappa shape index (κ2) is 8.98. The number of amides is 3. The third kappa shape index (κ3) is 5.17. The molecule has 2 N–H and O–H groups in total. The molecule has 0 spiro atoms.